The van der Waals surface area contributed by atoms with E-state index in [1.807, 2.05) is 0 Å². The number of fused-ring (bicyclic) bond motifs is 1. The summed E-state index contributed by atoms with van der Waals surface area (Å²) in [5.41, 5.74) is 0.0519. The molecule has 1 aliphatic carbocycles. The van der Waals surface area contributed by atoms with Crippen LogP contribution in [0.5, 0.6) is 0 Å². The van der Waals surface area contributed by atoms with E-state index in [0.717, 1.165) is 0 Å². The van der Waals surface area contributed by atoms with Crippen LogP contribution < -0.4 is 0 Å². The minimum atomic E-state index is -0.721. The van der Waals surface area contributed by atoms with Gasteiger partial charge < -0.3 is 9.47 Å². The Bertz CT molecular complexity index is 778. The first-order valence-electron chi connectivity index (χ1n) is 7.93. The summed E-state index contributed by atoms with van der Waals surface area (Å²) in [6, 6.07) is 4.14. The average Bonchev–Trinajstić information content (AvgIpc) is 2.56. The van der Waals surface area contributed by atoms with Crippen LogP contribution in [0.1, 0.15) is 60.2 Å². The minimum Gasteiger partial charge on any atom is -0.418 e. The summed E-state index contributed by atoms with van der Waals surface area (Å²) in [5.74, 6) is -3.91. The van der Waals surface area contributed by atoms with Crippen LogP contribution in [0.4, 0.5) is 0 Å². The standard InChI is InChI=1S/C18H17ClO6/c1-3-5-13(20)24-17-15(22)11-8-7-10(19)9-12(11)16(23)18(17)25-14(21)6-4-2/h7-9H,3-6H2,1-2H3. The molecule has 0 aliphatic heterocycles. The number of allylic oxidation sites excluding steroid dienone is 2. The number of esters is 2. The van der Waals surface area contributed by atoms with Crippen LogP contribution in [0.15, 0.2) is 29.7 Å². The maximum atomic E-state index is 12.7. The number of halogens is 1. The highest BCUT2D eigenvalue weighted by Crippen LogP contribution is 2.30. The van der Waals surface area contributed by atoms with E-state index in [-0.39, 0.29) is 29.0 Å². The summed E-state index contributed by atoms with van der Waals surface area (Å²) in [5, 5.41) is 0.255. The highest BCUT2D eigenvalue weighted by atomic mass is 35.5. The van der Waals surface area contributed by atoms with Gasteiger partial charge in [-0.25, -0.2) is 0 Å². The Hall–Kier alpha value is -2.47. The summed E-state index contributed by atoms with van der Waals surface area (Å²) in [7, 11) is 0. The van der Waals surface area contributed by atoms with Crippen LogP contribution in [-0.4, -0.2) is 23.5 Å². The lowest BCUT2D eigenvalue weighted by Gasteiger charge is -2.20. The molecule has 0 atom stereocenters. The molecule has 7 heteroatoms. The minimum absolute atomic E-state index is 0.00656. The lowest BCUT2D eigenvalue weighted by Crippen LogP contribution is -2.27. The normalized spacial score (nSPS) is 13.6. The Morgan fingerprint density at radius 2 is 1.36 bits per heavy atom. The Morgan fingerprint density at radius 1 is 0.880 bits per heavy atom. The van der Waals surface area contributed by atoms with Crippen LogP contribution >= 0.6 is 11.6 Å². The summed E-state index contributed by atoms with van der Waals surface area (Å²) < 4.78 is 10.1. The van der Waals surface area contributed by atoms with Gasteiger partial charge in [-0.15, -0.1) is 0 Å². The maximum absolute atomic E-state index is 12.7. The molecule has 6 nitrogen and oxygen atoms in total. The van der Waals surface area contributed by atoms with Crippen molar-refractivity contribution < 1.29 is 28.7 Å². The summed E-state index contributed by atoms with van der Waals surface area (Å²) >= 11 is 5.88. The molecular formula is C18H17ClO6. The van der Waals surface area contributed by atoms with Crippen molar-refractivity contribution in [2.24, 2.45) is 0 Å². The molecule has 0 heterocycles. The van der Waals surface area contributed by atoms with Crippen molar-refractivity contribution in [3.8, 4) is 0 Å². The Balaban J connectivity index is 2.50. The van der Waals surface area contributed by atoms with E-state index in [2.05, 4.69) is 0 Å². The van der Waals surface area contributed by atoms with E-state index in [1.165, 1.54) is 18.2 Å². The van der Waals surface area contributed by atoms with Crippen LogP contribution in [-0.2, 0) is 19.1 Å². The second-order valence-corrected chi connectivity index (χ2v) is 5.89. The Morgan fingerprint density at radius 3 is 1.84 bits per heavy atom. The third-order valence-electron chi connectivity index (χ3n) is 3.43. The first kappa shape index (κ1) is 18.9. The largest absolute Gasteiger partial charge is 0.418 e. The molecule has 0 unspecified atom stereocenters. The predicted octanol–water partition coefficient (Wildman–Crippen LogP) is 3.62. The van der Waals surface area contributed by atoms with Gasteiger partial charge in [0, 0.05) is 29.0 Å². The second kappa shape index (κ2) is 8.07. The molecule has 1 aromatic rings. The van der Waals surface area contributed by atoms with Gasteiger partial charge in [-0.2, -0.15) is 0 Å². The van der Waals surface area contributed by atoms with Gasteiger partial charge in [0.15, 0.2) is 0 Å². The molecular weight excluding hydrogens is 348 g/mol. The number of hydrogen-bond donors (Lipinski definition) is 0. The van der Waals surface area contributed by atoms with Crippen LogP contribution in [0.2, 0.25) is 5.02 Å². The summed E-state index contributed by atoms with van der Waals surface area (Å²) in [4.78, 5) is 48.9. The number of ether oxygens (including phenoxy) is 2. The van der Waals surface area contributed by atoms with Crippen molar-refractivity contribution in [2.45, 2.75) is 39.5 Å². The van der Waals surface area contributed by atoms with Gasteiger partial charge in [0.2, 0.25) is 23.1 Å². The third kappa shape index (κ3) is 4.14. The van der Waals surface area contributed by atoms with Crippen molar-refractivity contribution in [1.29, 1.82) is 0 Å². The highest BCUT2D eigenvalue weighted by molar-refractivity contribution is 6.32. The molecule has 0 saturated heterocycles. The molecule has 0 aromatic heterocycles. The van der Waals surface area contributed by atoms with Crippen LogP contribution in [0, 0.1) is 0 Å². The van der Waals surface area contributed by atoms with E-state index in [1.54, 1.807) is 13.8 Å². The van der Waals surface area contributed by atoms with E-state index >= 15 is 0 Å². The zero-order chi connectivity index (χ0) is 18.6. The van der Waals surface area contributed by atoms with Gasteiger partial charge in [0.05, 0.1) is 0 Å². The topological polar surface area (TPSA) is 86.7 Å². The number of carbonyl (C=O) groups excluding carboxylic acids is 4. The van der Waals surface area contributed by atoms with Gasteiger partial charge in [0.25, 0.3) is 0 Å². The first-order valence-corrected chi connectivity index (χ1v) is 8.31. The van der Waals surface area contributed by atoms with E-state index in [9.17, 15) is 19.2 Å². The smallest absolute Gasteiger partial charge is 0.311 e. The molecule has 0 spiro atoms. The fourth-order valence-corrected chi connectivity index (χ4v) is 2.45. The number of rotatable bonds is 6. The van der Waals surface area contributed by atoms with E-state index in [0.29, 0.717) is 12.8 Å². The predicted molar refractivity (Wildman–Crippen MR) is 89.1 cm³/mol. The monoisotopic (exact) mass is 364 g/mol. The lowest BCUT2D eigenvalue weighted by molar-refractivity contribution is -0.143. The molecule has 0 saturated carbocycles. The molecule has 132 valence electrons. The molecule has 0 bridgehead atoms. The van der Waals surface area contributed by atoms with Crippen molar-refractivity contribution in [1.82, 2.24) is 0 Å². The Kier molecular flexibility index (Phi) is 6.09. The van der Waals surface area contributed by atoms with Gasteiger partial charge in [-0.05, 0) is 31.0 Å². The highest BCUT2D eigenvalue weighted by Gasteiger charge is 2.37. The van der Waals surface area contributed by atoms with Crippen molar-refractivity contribution in [3.05, 3.63) is 45.9 Å². The zero-order valence-electron chi connectivity index (χ0n) is 13.9. The number of ketones is 2. The number of Topliss-reactive ketones (excluding diaryl/α,β-unsaturated/α-hetero) is 2. The fraction of sp³-hybridized carbons (Fsp3) is 0.333. The van der Waals surface area contributed by atoms with E-state index < -0.39 is 35.0 Å². The maximum Gasteiger partial charge on any atom is 0.311 e. The summed E-state index contributed by atoms with van der Waals surface area (Å²) in [6.07, 6.45) is 1.13. The molecule has 0 amide bonds. The van der Waals surface area contributed by atoms with Gasteiger partial charge >= 0.3 is 11.9 Å². The number of hydrogen-bond acceptors (Lipinski definition) is 6. The van der Waals surface area contributed by atoms with Crippen molar-refractivity contribution in [2.75, 3.05) is 0 Å². The van der Waals surface area contributed by atoms with Crippen molar-refractivity contribution >= 4 is 35.1 Å². The Labute approximate surface area is 149 Å². The quantitative estimate of drug-likeness (QED) is 0.716. The molecule has 2 rings (SSSR count). The molecule has 25 heavy (non-hydrogen) atoms. The molecule has 0 fully saturated rings. The van der Waals surface area contributed by atoms with Crippen molar-refractivity contribution in [3.63, 3.8) is 0 Å². The zero-order valence-corrected chi connectivity index (χ0v) is 14.6. The third-order valence-corrected chi connectivity index (χ3v) is 3.66. The molecule has 0 radical (unpaired) electrons. The van der Waals surface area contributed by atoms with Gasteiger partial charge in [-0.1, -0.05) is 25.4 Å². The van der Waals surface area contributed by atoms with Gasteiger partial charge in [0.1, 0.15) is 0 Å². The molecule has 0 N–H and O–H groups in total. The molecule has 1 aromatic carbocycles. The van der Waals surface area contributed by atoms with Gasteiger partial charge in [-0.3, -0.25) is 19.2 Å². The second-order valence-electron chi connectivity index (χ2n) is 5.45. The first-order chi connectivity index (χ1) is 11.9. The van der Waals surface area contributed by atoms with Crippen LogP contribution in [0.25, 0.3) is 0 Å². The summed E-state index contributed by atoms with van der Waals surface area (Å²) in [6.45, 7) is 3.53. The lowest BCUT2D eigenvalue weighted by atomic mass is 9.92. The number of carbonyl (C=O) groups is 4. The average molecular weight is 365 g/mol. The fourth-order valence-electron chi connectivity index (χ4n) is 2.28. The SMILES string of the molecule is CCCC(=O)OC1=C(OC(=O)CCC)C(=O)c2cc(Cl)ccc2C1=O. The van der Waals surface area contributed by atoms with Crippen LogP contribution in [0.3, 0.4) is 0 Å². The van der Waals surface area contributed by atoms with E-state index in [4.69, 9.17) is 21.1 Å². The number of benzene rings is 1. The molecule has 1 aliphatic rings.